The van der Waals surface area contributed by atoms with Crippen molar-refractivity contribution in [2.24, 2.45) is 0 Å². The quantitative estimate of drug-likeness (QED) is 0.401. The van der Waals surface area contributed by atoms with Gasteiger partial charge >= 0.3 is 5.97 Å². The molecule has 3 N–H and O–H groups in total. The van der Waals surface area contributed by atoms with Crippen molar-refractivity contribution in [3.63, 3.8) is 0 Å². The second-order valence-electron chi connectivity index (χ2n) is 8.38. The summed E-state index contributed by atoms with van der Waals surface area (Å²) in [5.74, 6) is 0.701. The van der Waals surface area contributed by atoms with E-state index in [1.807, 2.05) is 73.7 Å². The van der Waals surface area contributed by atoms with Gasteiger partial charge in [-0.2, -0.15) is 0 Å². The molecule has 0 aliphatic carbocycles. The van der Waals surface area contributed by atoms with E-state index in [-0.39, 0.29) is 6.04 Å². The summed E-state index contributed by atoms with van der Waals surface area (Å²) < 4.78 is 11.7. The molecule has 0 fully saturated rings. The maximum atomic E-state index is 11.9. The van der Waals surface area contributed by atoms with Crippen molar-refractivity contribution in [1.82, 2.24) is 10.3 Å². The van der Waals surface area contributed by atoms with Gasteiger partial charge in [0.05, 0.1) is 13.2 Å². The van der Waals surface area contributed by atoms with Crippen LogP contribution in [-0.2, 0) is 17.8 Å². The summed E-state index contributed by atoms with van der Waals surface area (Å²) in [6, 6.07) is 20.9. The summed E-state index contributed by atoms with van der Waals surface area (Å²) >= 11 is 0. The average molecular weight is 443 g/mol. The van der Waals surface area contributed by atoms with E-state index in [9.17, 15) is 9.90 Å². The zero-order valence-electron chi connectivity index (χ0n) is 18.6. The van der Waals surface area contributed by atoms with E-state index >= 15 is 0 Å². The lowest BCUT2D eigenvalue weighted by molar-refractivity contribution is -0.139. The molecule has 0 radical (unpaired) electrons. The topological polar surface area (TPSA) is 83.6 Å². The van der Waals surface area contributed by atoms with Crippen LogP contribution in [0.1, 0.15) is 34.0 Å². The molecule has 2 atom stereocenters. The highest BCUT2D eigenvalue weighted by atomic mass is 16.5. The van der Waals surface area contributed by atoms with E-state index in [4.69, 9.17) is 9.47 Å². The fourth-order valence-electron chi connectivity index (χ4n) is 4.62. The maximum Gasteiger partial charge on any atom is 0.321 e. The van der Waals surface area contributed by atoms with Gasteiger partial charge in [0.25, 0.3) is 0 Å². The van der Waals surface area contributed by atoms with Crippen LogP contribution in [0.5, 0.6) is 11.5 Å². The Bertz CT molecular complexity index is 1330. The number of nitrogens with one attached hydrogen (secondary N) is 2. The number of H-pyrrole nitrogens is 1. The number of hydrogen-bond donors (Lipinski definition) is 3. The molecule has 168 valence electrons. The largest absolute Gasteiger partial charge is 0.496 e. The van der Waals surface area contributed by atoms with Crippen molar-refractivity contribution in [2.75, 3.05) is 7.11 Å². The zero-order valence-corrected chi connectivity index (χ0v) is 18.6. The molecule has 33 heavy (non-hydrogen) atoms. The summed E-state index contributed by atoms with van der Waals surface area (Å²) in [7, 11) is 1.64. The third-order valence-corrected chi connectivity index (χ3v) is 6.32. The van der Waals surface area contributed by atoms with Crippen molar-refractivity contribution in [3.8, 4) is 11.5 Å². The fraction of sp³-hybridized carbons (Fsp3) is 0.222. The van der Waals surface area contributed by atoms with Crippen LogP contribution in [0.3, 0.4) is 0 Å². The number of benzene rings is 3. The second kappa shape index (κ2) is 8.64. The number of hydrogen-bond acceptors (Lipinski definition) is 4. The third kappa shape index (κ3) is 3.94. The normalized spacial score (nSPS) is 17.5. The van der Waals surface area contributed by atoms with Crippen LogP contribution >= 0.6 is 0 Å². The van der Waals surface area contributed by atoms with Gasteiger partial charge in [0.2, 0.25) is 0 Å². The lowest BCUT2D eigenvalue weighted by atomic mass is 9.89. The number of methoxy groups -OCH3 is 1. The number of fused-ring (bicyclic) bond motifs is 3. The monoisotopic (exact) mass is 442 g/mol. The summed E-state index contributed by atoms with van der Waals surface area (Å²) in [5.41, 5.74) is 5.98. The number of carboxylic acids is 1. The summed E-state index contributed by atoms with van der Waals surface area (Å²) in [5, 5.41) is 14.2. The zero-order chi connectivity index (χ0) is 22.9. The van der Waals surface area contributed by atoms with Gasteiger partial charge in [0.15, 0.2) is 0 Å². The predicted octanol–water partition coefficient (Wildman–Crippen LogP) is 4.75. The number of carboxylic acid groups (broad SMARTS) is 1. The first-order valence-corrected chi connectivity index (χ1v) is 11.0. The van der Waals surface area contributed by atoms with Gasteiger partial charge < -0.3 is 19.6 Å². The highest BCUT2D eigenvalue weighted by Crippen LogP contribution is 2.36. The van der Waals surface area contributed by atoms with Gasteiger partial charge in [-0.3, -0.25) is 10.1 Å². The molecule has 2 heterocycles. The van der Waals surface area contributed by atoms with Crippen molar-refractivity contribution in [2.45, 2.75) is 32.0 Å². The van der Waals surface area contributed by atoms with Crippen molar-refractivity contribution in [1.29, 1.82) is 0 Å². The minimum Gasteiger partial charge on any atom is -0.496 e. The Morgan fingerprint density at radius 3 is 2.64 bits per heavy atom. The molecule has 6 nitrogen and oxygen atoms in total. The number of ether oxygens (including phenoxy) is 2. The van der Waals surface area contributed by atoms with Crippen LogP contribution in [0.2, 0.25) is 0 Å². The van der Waals surface area contributed by atoms with Crippen LogP contribution in [0, 0.1) is 6.92 Å². The molecule has 2 unspecified atom stereocenters. The number of aromatic nitrogens is 1. The van der Waals surface area contributed by atoms with Gasteiger partial charge in [0, 0.05) is 28.6 Å². The molecule has 1 aliphatic rings. The number of para-hydroxylation sites is 2. The van der Waals surface area contributed by atoms with Crippen LogP contribution in [-0.4, -0.2) is 29.2 Å². The first kappa shape index (κ1) is 21.1. The van der Waals surface area contributed by atoms with Gasteiger partial charge in [-0.25, -0.2) is 0 Å². The Morgan fingerprint density at radius 1 is 1.06 bits per heavy atom. The number of carbonyl (C=O) groups is 1. The van der Waals surface area contributed by atoms with Crippen LogP contribution in [0.15, 0.2) is 66.7 Å². The van der Waals surface area contributed by atoms with Gasteiger partial charge in [0.1, 0.15) is 24.1 Å². The minimum absolute atomic E-state index is 0.287. The summed E-state index contributed by atoms with van der Waals surface area (Å²) in [6.07, 6.45) is 0.435. The molecular weight excluding hydrogens is 416 g/mol. The number of rotatable bonds is 6. The lowest BCUT2D eigenvalue weighted by Crippen LogP contribution is -2.45. The highest BCUT2D eigenvalue weighted by Gasteiger charge is 2.34. The first-order chi connectivity index (χ1) is 16.0. The Morgan fingerprint density at radius 2 is 1.85 bits per heavy atom. The number of aryl methyl sites for hydroxylation is 1. The Balaban J connectivity index is 1.54. The summed E-state index contributed by atoms with van der Waals surface area (Å²) in [6.45, 7) is 2.36. The van der Waals surface area contributed by atoms with E-state index in [0.717, 1.165) is 50.3 Å². The molecular formula is C27H26N2O4. The first-order valence-electron chi connectivity index (χ1n) is 11.0. The van der Waals surface area contributed by atoms with E-state index in [1.54, 1.807) is 7.11 Å². The molecule has 3 aromatic carbocycles. The van der Waals surface area contributed by atoms with E-state index in [2.05, 4.69) is 10.3 Å². The van der Waals surface area contributed by atoms with Crippen LogP contribution in [0.4, 0.5) is 0 Å². The average Bonchev–Trinajstić information content (AvgIpc) is 3.21. The third-order valence-electron chi connectivity index (χ3n) is 6.32. The Kier molecular flexibility index (Phi) is 5.52. The molecule has 5 rings (SSSR count). The number of aromatic amines is 1. The molecule has 0 saturated heterocycles. The van der Waals surface area contributed by atoms with Crippen molar-refractivity contribution >= 4 is 16.9 Å². The highest BCUT2D eigenvalue weighted by molar-refractivity contribution is 5.87. The molecule has 0 bridgehead atoms. The van der Waals surface area contributed by atoms with E-state index < -0.39 is 12.0 Å². The van der Waals surface area contributed by atoms with Crippen LogP contribution in [0.25, 0.3) is 10.9 Å². The molecule has 4 aromatic rings. The fourth-order valence-corrected chi connectivity index (χ4v) is 4.62. The van der Waals surface area contributed by atoms with Crippen molar-refractivity contribution in [3.05, 3.63) is 94.7 Å². The van der Waals surface area contributed by atoms with Gasteiger partial charge in [-0.1, -0.05) is 42.5 Å². The molecule has 0 saturated carbocycles. The molecule has 1 aromatic heterocycles. The van der Waals surface area contributed by atoms with Crippen LogP contribution < -0.4 is 14.8 Å². The second-order valence-corrected chi connectivity index (χ2v) is 8.38. The minimum atomic E-state index is -0.854. The molecule has 0 amide bonds. The smallest absolute Gasteiger partial charge is 0.321 e. The Hall–Kier alpha value is -3.77. The Labute approximate surface area is 192 Å². The molecule has 1 aliphatic heterocycles. The standard InChI is InChI=1S/C27H26N2O4/c1-16-7-3-6-10-23(16)33-15-18-13-17(11-12-24(18)32-2)25-26-20(14-22(29-25)27(30)31)19-8-4-5-9-21(19)28-26/h3-13,22,25,28-29H,14-15H2,1-2H3,(H,30,31). The predicted molar refractivity (Wildman–Crippen MR) is 127 cm³/mol. The molecule has 6 heteroatoms. The van der Waals surface area contributed by atoms with Crippen molar-refractivity contribution < 1.29 is 19.4 Å². The molecule has 0 spiro atoms. The van der Waals surface area contributed by atoms with E-state index in [0.29, 0.717) is 13.0 Å². The van der Waals surface area contributed by atoms with Gasteiger partial charge in [-0.15, -0.1) is 0 Å². The lowest BCUT2D eigenvalue weighted by Gasteiger charge is -2.30. The van der Waals surface area contributed by atoms with Gasteiger partial charge in [-0.05, 0) is 47.9 Å². The maximum absolute atomic E-state index is 11.9. The van der Waals surface area contributed by atoms with E-state index in [1.165, 1.54) is 0 Å². The summed E-state index contributed by atoms with van der Waals surface area (Å²) in [4.78, 5) is 15.5. The SMILES string of the molecule is COc1ccc(C2NC(C(=O)O)Cc3c2[nH]c2ccccc32)cc1COc1ccccc1C. The number of aliphatic carboxylic acids is 1.